The molecule has 0 aliphatic heterocycles. The normalized spacial score (nSPS) is 11.8. The molecule has 42 heavy (non-hydrogen) atoms. The summed E-state index contributed by atoms with van der Waals surface area (Å²) < 4.78 is 15.7. The van der Waals surface area contributed by atoms with E-state index in [0.717, 1.165) is 4.90 Å². The molecular formula is C31H30N4O6S. The molecule has 10 nitrogen and oxygen atoms in total. The van der Waals surface area contributed by atoms with Gasteiger partial charge in [-0.2, -0.15) is 0 Å². The summed E-state index contributed by atoms with van der Waals surface area (Å²) in [6, 6.07) is 22.4. The predicted octanol–water partition coefficient (Wildman–Crippen LogP) is 5.53. The molecule has 1 heterocycles. The second kappa shape index (κ2) is 14.0. The number of carbonyl (C=O) groups excluding carboxylic acids is 3. The van der Waals surface area contributed by atoms with Crippen LogP contribution in [0.3, 0.4) is 0 Å². The van der Waals surface area contributed by atoms with E-state index >= 15 is 0 Å². The highest BCUT2D eigenvalue weighted by molar-refractivity contribution is 8.00. The Morgan fingerprint density at radius 1 is 0.929 bits per heavy atom. The molecule has 0 fully saturated rings. The van der Waals surface area contributed by atoms with Crippen molar-refractivity contribution in [3.63, 3.8) is 0 Å². The monoisotopic (exact) mass is 586 g/mol. The highest BCUT2D eigenvalue weighted by atomic mass is 32.2. The molecule has 3 N–H and O–H groups in total. The van der Waals surface area contributed by atoms with Crippen LogP contribution < -0.4 is 25.4 Å². The number of hydrogen-bond acceptors (Lipinski definition) is 8. The lowest BCUT2D eigenvalue weighted by atomic mass is 10.1. The number of methoxy groups -OCH3 is 2. The summed E-state index contributed by atoms with van der Waals surface area (Å²) in [6.07, 6.45) is 1.53. The van der Waals surface area contributed by atoms with Gasteiger partial charge in [0.15, 0.2) is 5.82 Å². The van der Waals surface area contributed by atoms with Crippen LogP contribution >= 0.6 is 11.8 Å². The summed E-state index contributed by atoms with van der Waals surface area (Å²) in [6.45, 7) is 3.50. The molecule has 11 heteroatoms. The maximum absolute atomic E-state index is 13.5. The molecule has 1 aromatic heterocycles. The van der Waals surface area contributed by atoms with Crippen molar-refractivity contribution in [2.45, 2.75) is 24.0 Å². The molecule has 3 amide bonds. The molecule has 0 saturated carbocycles. The second-order valence-electron chi connectivity index (χ2n) is 9.04. The Hall–Kier alpha value is -5.03. The average molecular weight is 587 g/mol. The SMILES string of the molecule is COc1ccc(/C=C(/NC(=O)c2ccccc2)C(=O)Nc2cccc(SC(C)C(=O)Nc3cc(C)on3)c2)c(OC)c1. The van der Waals surface area contributed by atoms with Crippen LogP contribution in [0, 0.1) is 6.92 Å². The van der Waals surface area contributed by atoms with Gasteiger partial charge in [-0.15, -0.1) is 11.8 Å². The third-order valence-electron chi connectivity index (χ3n) is 5.92. The summed E-state index contributed by atoms with van der Waals surface area (Å²) in [5.41, 5.74) is 1.43. The predicted molar refractivity (Wildman–Crippen MR) is 162 cm³/mol. The van der Waals surface area contributed by atoms with E-state index < -0.39 is 17.1 Å². The molecule has 1 atom stereocenters. The zero-order valence-electron chi connectivity index (χ0n) is 23.5. The number of amides is 3. The molecule has 4 aromatic rings. The molecule has 0 aliphatic carbocycles. The van der Waals surface area contributed by atoms with E-state index in [0.29, 0.717) is 39.9 Å². The number of aryl methyl sites for hydroxylation is 1. The van der Waals surface area contributed by atoms with Crippen molar-refractivity contribution in [3.8, 4) is 11.5 Å². The number of carbonyl (C=O) groups is 3. The lowest BCUT2D eigenvalue weighted by molar-refractivity contribution is -0.115. The minimum atomic E-state index is -0.550. The van der Waals surface area contributed by atoms with Gasteiger partial charge in [-0.3, -0.25) is 14.4 Å². The number of ether oxygens (including phenoxy) is 2. The fourth-order valence-electron chi connectivity index (χ4n) is 3.79. The Morgan fingerprint density at radius 2 is 1.71 bits per heavy atom. The zero-order valence-corrected chi connectivity index (χ0v) is 24.3. The number of hydrogen-bond donors (Lipinski definition) is 3. The van der Waals surface area contributed by atoms with Crippen LogP contribution in [-0.4, -0.2) is 42.3 Å². The third-order valence-corrected chi connectivity index (χ3v) is 7.02. The minimum Gasteiger partial charge on any atom is -0.497 e. The molecule has 216 valence electrons. The molecular weight excluding hydrogens is 556 g/mol. The topological polar surface area (TPSA) is 132 Å². The zero-order chi connectivity index (χ0) is 30.1. The highest BCUT2D eigenvalue weighted by Gasteiger charge is 2.19. The summed E-state index contributed by atoms with van der Waals surface area (Å²) in [7, 11) is 3.05. The van der Waals surface area contributed by atoms with Crippen molar-refractivity contribution in [1.82, 2.24) is 10.5 Å². The number of rotatable bonds is 11. The summed E-state index contributed by atoms with van der Waals surface area (Å²) in [5.74, 6) is 0.730. The Bertz CT molecular complexity index is 1600. The van der Waals surface area contributed by atoms with E-state index in [2.05, 4.69) is 21.1 Å². The fourth-order valence-corrected chi connectivity index (χ4v) is 4.72. The molecule has 3 aromatic carbocycles. The molecule has 4 rings (SSSR count). The largest absolute Gasteiger partial charge is 0.497 e. The van der Waals surface area contributed by atoms with Gasteiger partial charge >= 0.3 is 0 Å². The quantitative estimate of drug-likeness (QED) is 0.154. The van der Waals surface area contributed by atoms with Crippen molar-refractivity contribution in [2.75, 3.05) is 24.9 Å². The van der Waals surface area contributed by atoms with E-state index in [1.807, 2.05) is 6.07 Å². The van der Waals surface area contributed by atoms with E-state index in [-0.39, 0.29) is 11.6 Å². The van der Waals surface area contributed by atoms with Crippen LogP contribution in [0.15, 0.2) is 94.0 Å². The van der Waals surface area contributed by atoms with Crippen LogP contribution in [0.25, 0.3) is 6.08 Å². The number of nitrogens with zero attached hydrogens (tertiary/aromatic N) is 1. The molecule has 1 unspecified atom stereocenters. The first kappa shape index (κ1) is 29.9. The number of anilines is 2. The number of aromatic nitrogens is 1. The maximum atomic E-state index is 13.5. The van der Waals surface area contributed by atoms with Gasteiger partial charge < -0.3 is 29.9 Å². The Labute approximate surface area is 247 Å². The van der Waals surface area contributed by atoms with Gasteiger partial charge in [0.2, 0.25) is 5.91 Å². The van der Waals surface area contributed by atoms with Gasteiger partial charge in [-0.1, -0.05) is 29.4 Å². The Kier molecular flexibility index (Phi) is 10.0. The molecule has 0 bridgehead atoms. The summed E-state index contributed by atoms with van der Waals surface area (Å²) >= 11 is 1.31. The average Bonchev–Trinajstić information content (AvgIpc) is 3.41. The minimum absolute atomic E-state index is 0.000951. The standard InChI is InChI=1S/C31H30N4O6S/c1-19-15-28(35-41-19)34-29(36)20(2)42-25-12-8-11-23(17-25)32-31(38)26(33-30(37)21-9-6-5-7-10-21)16-22-13-14-24(39-3)18-27(22)40-4/h5-18,20H,1-4H3,(H,32,38)(H,33,37)(H,34,35,36)/b26-16+. The molecule has 0 spiro atoms. The van der Waals surface area contributed by atoms with Crippen molar-refractivity contribution < 1.29 is 28.4 Å². The second-order valence-corrected chi connectivity index (χ2v) is 10.5. The number of nitrogens with one attached hydrogen (secondary N) is 3. The summed E-state index contributed by atoms with van der Waals surface area (Å²) in [5, 5.41) is 11.6. The fraction of sp³-hybridized carbons (Fsp3) is 0.161. The van der Waals surface area contributed by atoms with Gasteiger partial charge in [0.05, 0.1) is 19.5 Å². The van der Waals surface area contributed by atoms with Gasteiger partial charge in [0.1, 0.15) is 23.0 Å². The van der Waals surface area contributed by atoms with Crippen molar-refractivity contribution in [1.29, 1.82) is 0 Å². The molecule has 0 aliphatic rings. The van der Waals surface area contributed by atoms with Gasteiger partial charge in [-0.25, -0.2) is 0 Å². The van der Waals surface area contributed by atoms with Crippen molar-refractivity contribution in [3.05, 3.63) is 101 Å². The lowest BCUT2D eigenvalue weighted by Crippen LogP contribution is -2.30. The van der Waals surface area contributed by atoms with Crippen LogP contribution in [0.4, 0.5) is 11.5 Å². The lowest BCUT2D eigenvalue weighted by Gasteiger charge is -2.14. The summed E-state index contributed by atoms with van der Waals surface area (Å²) in [4.78, 5) is 39.9. The molecule has 0 radical (unpaired) electrons. The number of thioether (sulfide) groups is 1. The van der Waals surface area contributed by atoms with E-state index in [4.69, 9.17) is 14.0 Å². The van der Waals surface area contributed by atoms with Gasteiger partial charge in [0.25, 0.3) is 11.8 Å². The van der Waals surface area contributed by atoms with Crippen LogP contribution in [0.5, 0.6) is 11.5 Å². The first-order chi connectivity index (χ1) is 20.2. The van der Waals surface area contributed by atoms with Crippen LogP contribution in [0.2, 0.25) is 0 Å². The first-order valence-corrected chi connectivity index (χ1v) is 13.8. The van der Waals surface area contributed by atoms with Crippen LogP contribution in [0.1, 0.15) is 28.6 Å². The van der Waals surface area contributed by atoms with E-state index in [9.17, 15) is 14.4 Å². The molecule has 0 saturated heterocycles. The van der Waals surface area contributed by atoms with Crippen molar-refractivity contribution >= 4 is 47.1 Å². The van der Waals surface area contributed by atoms with E-state index in [1.165, 1.54) is 24.9 Å². The highest BCUT2D eigenvalue weighted by Crippen LogP contribution is 2.28. The first-order valence-electron chi connectivity index (χ1n) is 12.9. The Balaban J connectivity index is 1.53. The van der Waals surface area contributed by atoms with Gasteiger partial charge in [0, 0.05) is 33.8 Å². The smallest absolute Gasteiger partial charge is 0.272 e. The van der Waals surface area contributed by atoms with Crippen molar-refractivity contribution in [2.24, 2.45) is 0 Å². The Morgan fingerprint density at radius 3 is 2.40 bits per heavy atom. The van der Waals surface area contributed by atoms with Gasteiger partial charge in [-0.05, 0) is 62.4 Å². The number of benzene rings is 3. The van der Waals surface area contributed by atoms with Crippen LogP contribution in [-0.2, 0) is 9.59 Å². The third kappa shape index (κ3) is 8.01. The van der Waals surface area contributed by atoms with E-state index in [1.54, 1.807) is 93.8 Å². The maximum Gasteiger partial charge on any atom is 0.272 e.